The number of piperidine rings is 1. The second-order valence-corrected chi connectivity index (χ2v) is 8.60. The number of anilines is 2. The number of benzene rings is 2. The van der Waals surface area contributed by atoms with E-state index in [0.29, 0.717) is 41.0 Å². The molecule has 0 radical (unpaired) electrons. The van der Waals surface area contributed by atoms with E-state index < -0.39 is 11.7 Å². The maximum atomic E-state index is 16.1. The second kappa shape index (κ2) is 8.15. The van der Waals surface area contributed by atoms with Crippen LogP contribution in [0.4, 0.5) is 15.9 Å². The molecule has 11 heteroatoms. The van der Waals surface area contributed by atoms with E-state index >= 15 is 4.39 Å². The van der Waals surface area contributed by atoms with Gasteiger partial charge < -0.3 is 20.9 Å². The Morgan fingerprint density at radius 3 is 2.64 bits per heavy atom. The number of fused-ring (bicyclic) bond motifs is 2. The van der Waals surface area contributed by atoms with Crippen LogP contribution in [0.15, 0.2) is 53.2 Å². The molecule has 6 rings (SSSR count). The third-order valence-electron chi connectivity index (χ3n) is 6.40. The molecule has 0 atom stereocenters. The topological polar surface area (TPSA) is 146 Å². The predicted molar refractivity (Wildman–Crippen MR) is 131 cm³/mol. The molecule has 1 aliphatic heterocycles. The number of amides is 2. The third kappa shape index (κ3) is 3.35. The van der Waals surface area contributed by atoms with Crippen LogP contribution < -0.4 is 16.4 Å². The molecule has 1 fully saturated rings. The van der Waals surface area contributed by atoms with Gasteiger partial charge in [0, 0.05) is 23.9 Å². The smallest absolute Gasteiger partial charge is 0.269 e. The van der Waals surface area contributed by atoms with E-state index in [4.69, 9.17) is 16.0 Å². The zero-order valence-electron chi connectivity index (χ0n) is 18.9. The van der Waals surface area contributed by atoms with Crippen LogP contribution in [0.2, 0.25) is 0 Å². The number of hydrogen-bond donors (Lipinski definition) is 2. The lowest BCUT2D eigenvalue weighted by Crippen LogP contribution is -2.35. The Morgan fingerprint density at radius 2 is 1.89 bits per heavy atom. The molecule has 0 unspecified atom stereocenters. The zero-order valence-corrected chi connectivity index (χ0v) is 18.9. The van der Waals surface area contributed by atoms with E-state index in [1.807, 2.05) is 0 Å². The lowest BCUT2D eigenvalue weighted by Gasteiger charge is -2.26. The Kier molecular flexibility index (Phi) is 4.92. The number of halogens is 1. The molecule has 1 aliphatic rings. The van der Waals surface area contributed by atoms with Gasteiger partial charge in [-0.25, -0.2) is 9.07 Å². The third-order valence-corrected chi connectivity index (χ3v) is 6.40. The van der Waals surface area contributed by atoms with Crippen molar-refractivity contribution in [2.75, 3.05) is 17.2 Å². The normalized spacial score (nSPS) is 14.1. The molecular formula is C25H20FN7O3. The Bertz CT molecular complexity index is 1670. The van der Waals surface area contributed by atoms with Gasteiger partial charge in [-0.05, 0) is 55.3 Å². The Morgan fingerprint density at radius 1 is 1.06 bits per heavy atom. The molecule has 36 heavy (non-hydrogen) atoms. The van der Waals surface area contributed by atoms with Gasteiger partial charge in [0.1, 0.15) is 5.52 Å². The Labute approximate surface area is 203 Å². The summed E-state index contributed by atoms with van der Waals surface area (Å²) in [6.45, 7) is 0.635. The summed E-state index contributed by atoms with van der Waals surface area (Å²) in [5.41, 5.74) is 13.6. The van der Waals surface area contributed by atoms with Gasteiger partial charge in [0.15, 0.2) is 22.9 Å². The fourth-order valence-electron chi connectivity index (χ4n) is 4.59. The number of carbonyl (C=O) groups excluding carboxylic acids is 2. The lowest BCUT2D eigenvalue weighted by molar-refractivity contribution is -0.119. The maximum Gasteiger partial charge on any atom is 0.269 e. The van der Waals surface area contributed by atoms with Crippen LogP contribution >= 0.6 is 0 Å². The van der Waals surface area contributed by atoms with E-state index in [1.165, 1.54) is 10.7 Å². The van der Waals surface area contributed by atoms with E-state index in [1.54, 1.807) is 47.5 Å². The number of primary amides is 1. The van der Waals surface area contributed by atoms with Crippen molar-refractivity contribution < 1.29 is 18.5 Å². The first-order valence-corrected chi connectivity index (χ1v) is 11.4. The van der Waals surface area contributed by atoms with E-state index in [2.05, 4.69) is 15.2 Å². The zero-order chi connectivity index (χ0) is 25.0. The largest absolute Gasteiger partial charge is 0.380 e. The number of hydrogen-bond acceptors (Lipinski definition) is 7. The fourth-order valence-corrected chi connectivity index (χ4v) is 4.59. The summed E-state index contributed by atoms with van der Waals surface area (Å²) in [7, 11) is 0. The number of aromatic nitrogens is 4. The SMILES string of the molecule is NC(=O)c1nn(-c2ccc3onc(N)c3c2)c2c(F)c(-c3ccc(N4CCCCC4=O)cn3)ccc12. The summed E-state index contributed by atoms with van der Waals surface area (Å²) in [5, 5.41) is 8.83. The molecule has 2 amide bonds. The summed E-state index contributed by atoms with van der Waals surface area (Å²) in [6, 6.07) is 11.5. The van der Waals surface area contributed by atoms with Gasteiger partial charge >= 0.3 is 0 Å². The van der Waals surface area contributed by atoms with E-state index in [9.17, 15) is 9.59 Å². The standard InChI is InChI=1S/C25H20FN7O3/c26-21-15(18-8-4-14(12-29-18)32-10-2-1-3-20(32)34)6-7-16-22(25(28)35)30-33(23(16)21)13-5-9-19-17(11-13)24(27)31-36-19/h4-9,11-12H,1-3,10H2,(H2,27,31)(H2,28,35). The van der Waals surface area contributed by atoms with Gasteiger partial charge in [0.2, 0.25) is 5.91 Å². The van der Waals surface area contributed by atoms with E-state index in [0.717, 1.165) is 12.8 Å². The van der Waals surface area contributed by atoms with Crippen molar-refractivity contribution in [1.29, 1.82) is 0 Å². The van der Waals surface area contributed by atoms with Crippen LogP contribution in [0.25, 0.3) is 38.8 Å². The molecule has 4 heterocycles. The number of nitrogens with two attached hydrogens (primary N) is 2. The van der Waals surface area contributed by atoms with Gasteiger partial charge in [-0.15, -0.1) is 0 Å². The summed E-state index contributed by atoms with van der Waals surface area (Å²) in [4.78, 5) is 30.5. The molecule has 180 valence electrons. The molecule has 0 saturated carbocycles. The molecule has 0 spiro atoms. The summed E-state index contributed by atoms with van der Waals surface area (Å²) >= 11 is 0. The Hall–Kier alpha value is -4.80. The second-order valence-electron chi connectivity index (χ2n) is 8.60. The van der Waals surface area contributed by atoms with Crippen LogP contribution in [0.1, 0.15) is 29.8 Å². The van der Waals surface area contributed by atoms with Gasteiger partial charge in [-0.1, -0.05) is 5.16 Å². The number of rotatable bonds is 4. The van der Waals surface area contributed by atoms with Crippen molar-refractivity contribution in [2.24, 2.45) is 5.73 Å². The van der Waals surface area contributed by atoms with Gasteiger partial charge in [-0.2, -0.15) is 5.10 Å². The molecule has 2 aromatic carbocycles. The number of carbonyl (C=O) groups is 2. The highest BCUT2D eigenvalue weighted by atomic mass is 19.1. The minimum atomic E-state index is -0.787. The average Bonchev–Trinajstić information content (AvgIpc) is 3.46. The monoisotopic (exact) mass is 485 g/mol. The Balaban J connectivity index is 1.49. The highest BCUT2D eigenvalue weighted by Gasteiger charge is 2.24. The minimum absolute atomic E-state index is 0.0525. The molecule has 3 aromatic heterocycles. The number of nitrogens with zero attached hydrogens (tertiary/aromatic N) is 5. The molecule has 0 bridgehead atoms. The minimum Gasteiger partial charge on any atom is -0.380 e. The van der Waals surface area contributed by atoms with Crippen LogP contribution in [0.5, 0.6) is 0 Å². The van der Waals surface area contributed by atoms with Crippen LogP contribution in [0, 0.1) is 5.82 Å². The van der Waals surface area contributed by atoms with Crippen molar-refractivity contribution in [2.45, 2.75) is 19.3 Å². The first-order chi connectivity index (χ1) is 17.4. The van der Waals surface area contributed by atoms with Crippen molar-refractivity contribution >= 4 is 45.2 Å². The summed E-state index contributed by atoms with van der Waals surface area (Å²) < 4.78 is 22.5. The van der Waals surface area contributed by atoms with Crippen molar-refractivity contribution in [1.82, 2.24) is 19.9 Å². The highest BCUT2D eigenvalue weighted by molar-refractivity contribution is 6.05. The van der Waals surface area contributed by atoms with Gasteiger partial charge in [-0.3, -0.25) is 14.6 Å². The molecule has 0 aliphatic carbocycles. The van der Waals surface area contributed by atoms with E-state index in [-0.39, 0.29) is 33.9 Å². The molecule has 1 saturated heterocycles. The highest BCUT2D eigenvalue weighted by Crippen LogP contribution is 2.33. The van der Waals surface area contributed by atoms with Crippen molar-refractivity contribution in [3.8, 4) is 16.9 Å². The van der Waals surface area contributed by atoms with Crippen molar-refractivity contribution in [3.63, 3.8) is 0 Å². The van der Waals surface area contributed by atoms with Crippen LogP contribution in [0.3, 0.4) is 0 Å². The van der Waals surface area contributed by atoms with Gasteiger partial charge in [0.05, 0.1) is 28.7 Å². The summed E-state index contributed by atoms with van der Waals surface area (Å²) in [5.74, 6) is -1.18. The number of pyridine rings is 1. The first-order valence-electron chi connectivity index (χ1n) is 11.4. The van der Waals surface area contributed by atoms with Crippen LogP contribution in [-0.4, -0.2) is 38.3 Å². The van der Waals surface area contributed by atoms with Crippen molar-refractivity contribution in [3.05, 3.63) is 60.2 Å². The molecule has 10 nitrogen and oxygen atoms in total. The lowest BCUT2D eigenvalue weighted by atomic mass is 10.1. The van der Waals surface area contributed by atoms with Gasteiger partial charge in [0.25, 0.3) is 5.91 Å². The van der Waals surface area contributed by atoms with Crippen LogP contribution in [-0.2, 0) is 4.79 Å². The quantitative estimate of drug-likeness (QED) is 0.396. The average molecular weight is 485 g/mol. The fraction of sp³-hybridized carbons (Fsp3) is 0.160. The number of nitrogen functional groups attached to an aromatic ring is 1. The maximum absolute atomic E-state index is 16.1. The molecular weight excluding hydrogens is 465 g/mol. The molecule has 4 N–H and O–H groups in total. The summed E-state index contributed by atoms with van der Waals surface area (Å²) in [6.07, 6.45) is 3.88. The first kappa shape index (κ1) is 21.7. The predicted octanol–water partition coefficient (Wildman–Crippen LogP) is 3.57. The molecule has 5 aromatic rings.